The zero-order valence-electron chi connectivity index (χ0n) is 11.8. The van der Waals surface area contributed by atoms with Gasteiger partial charge in [0.25, 0.3) is 0 Å². The Morgan fingerprint density at radius 1 is 1.27 bits per heavy atom. The van der Waals surface area contributed by atoms with E-state index in [2.05, 4.69) is 15.3 Å². The van der Waals surface area contributed by atoms with Crippen molar-refractivity contribution in [3.63, 3.8) is 0 Å². The van der Waals surface area contributed by atoms with Crippen molar-refractivity contribution in [2.75, 3.05) is 6.26 Å². The maximum atomic E-state index is 8.66. The molecule has 1 heterocycles. The molecule has 0 aliphatic heterocycles. The van der Waals surface area contributed by atoms with Gasteiger partial charge in [-0.3, -0.25) is 5.32 Å². The first-order chi connectivity index (χ1) is 10.8. The molecule has 0 radical (unpaired) electrons. The van der Waals surface area contributed by atoms with Gasteiger partial charge in [0, 0.05) is 11.6 Å². The van der Waals surface area contributed by atoms with Gasteiger partial charge in [0.2, 0.25) is 5.89 Å². The van der Waals surface area contributed by atoms with Crippen molar-refractivity contribution in [3.8, 4) is 17.6 Å². The van der Waals surface area contributed by atoms with Gasteiger partial charge in [0.1, 0.15) is 5.52 Å². The molecule has 2 aromatic carbocycles. The second-order valence-corrected chi connectivity index (χ2v) is 5.19. The highest BCUT2D eigenvalue weighted by Gasteiger charge is 2.08. The normalized spacial score (nSPS) is 11.4. The van der Waals surface area contributed by atoms with Crippen LogP contribution in [-0.2, 0) is 0 Å². The monoisotopic (exact) mass is 308 g/mol. The smallest absolute Gasteiger partial charge is 0.227 e. The van der Waals surface area contributed by atoms with E-state index in [9.17, 15) is 0 Å². The van der Waals surface area contributed by atoms with E-state index in [4.69, 9.17) is 9.68 Å². The summed E-state index contributed by atoms with van der Waals surface area (Å²) in [6.45, 7) is 0. The molecule has 0 aliphatic rings. The first-order valence-electron chi connectivity index (χ1n) is 6.54. The number of fused-ring (bicyclic) bond motifs is 1. The minimum Gasteiger partial charge on any atom is -0.436 e. The largest absolute Gasteiger partial charge is 0.436 e. The third kappa shape index (κ3) is 2.95. The molecule has 0 fully saturated rings. The van der Waals surface area contributed by atoms with Crippen molar-refractivity contribution in [2.45, 2.75) is 0 Å². The molecule has 0 saturated carbocycles. The summed E-state index contributed by atoms with van der Waals surface area (Å²) < 4.78 is 5.80. The molecule has 5 nitrogen and oxygen atoms in total. The van der Waals surface area contributed by atoms with Crippen LogP contribution in [0.5, 0.6) is 0 Å². The van der Waals surface area contributed by atoms with Crippen LogP contribution in [0.1, 0.15) is 0 Å². The van der Waals surface area contributed by atoms with Crippen LogP contribution in [0.15, 0.2) is 57.9 Å². The number of nitrogens with zero attached hydrogens (tertiary/aromatic N) is 3. The highest BCUT2D eigenvalue weighted by Crippen LogP contribution is 2.27. The van der Waals surface area contributed by atoms with E-state index in [0.29, 0.717) is 22.3 Å². The fourth-order valence-electron chi connectivity index (χ4n) is 1.98. The number of thioether (sulfide) groups is 1. The zero-order chi connectivity index (χ0) is 15.4. The lowest BCUT2D eigenvalue weighted by molar-refractivity contribution is 0.620. The van der Waals surface area contributed by atoms with Crippen molar-refractivity contribution < 1.29 is 4.42 Å². The lowest BCUT2D eigenvalue weighted by Crippen LogP contribution is -2.12. The molecule has 6 heteroatoms. The predicted molar refractivity (Wildman–Crippen MR) is 88.8 cm³/mol. The second-order valence-electron chi connectivity index (χ2n) is 4.39. The number of nitriles is 1. The van der Waals surface area contributed by atoms with E-state index in [-0.39, 0.29) is 0 Å². The minimum absolute atomic E-state index is 0.532. The summed E-state index contributed by atoms with van der Waals surface area (Å²) in [4.78, 5) is 8.83. The molecule has 0 aliphatic carbocycles. The van der Waals surface area contributed by atoms with E-state index in [1.807, 2.05) is 61.0 Å². The molecule has 0 amide bonds. The van der Waals surface area contributed by atoms with Gasteiger partial charge in [-0.25, -0.2) is 9.98 Å². The third-order valence-electron chi connectivity index (χ3n) is 2.98. The number of benzene rings is 2. The van der Waals surface area contributed by atoms with Crippen LogP contribution < -0.4 is 5.32 Å². The Labute approximate surface area is 131 Å². The second kappa shape index (κ2) is 6.33. The number of hydrogen-bond acceptors (Lipinski definition) is 5. The average Bonchev–Trinajstić information content (AvgIpc) is 2.98. The van der Waals surface area contributed by atoms with Gasteiger partial charge < -0.3 is 4.42 Å². The number of rotatable bonds is 2. The summed E-state index contributed by atoms with van der Waals surface area (Å²) in [6, 6.07) is 15.2. The van der Waals surface area contributed by atoms with E-state index in [1.165, 1.54) is 11.8 Å². The van der Waals surface area contributed by atoms with Crippen LogP contribution in [0.2, 0.25) is 0 Å². The summed E-state index contributed by atoms with van der Waals surface area (Å²) in [7, 11) is 0. The van der Waals surface area contributed by atoms with E-state index in [1.54, 1.807) is 0 Å². The molecule has 108 valence electrons. The quantitative estimate of drug-likeness (QED) is 0.336. The summed E-state index contributed by atoms with van der Waals surface area (Å²) in [6.07, 6.45) is 3.72. The van der Waals surface area contributed by atoms with Gasteiger partial charge in [0.15, 0.2) is 16.9 Å². The van der Waals surface area contributed by atoms with Crippen LogP contribution >= 0.6 is 11.8 Å². The topological polar surface area (TPSA) is 74.2 Å². The van der Waals surface area contributed by atoms with Crippen molar-refractivity contribution in [1.82, 2.24) is 10.3 Å². The minimum atomic E-state index is 0.532. The molecule has 1 N–H and O–H groups in total. The van der Waals surface area contributed by atoms with Crippen LogP contribution in [0.25, 0.3) is 22.6 Å². The van der Waals surface area contributed by atoms with Crippen LogP contribution in [0.4, 0.5) is 5.69 Å². The lowest BCUT2D eigenvalue weighted by Gasteiger charge is -1.99. The Balaban J connectivity index is 1.99. The van der Waals surface area contributed by atoms with Gasteiger partial charge >= 0.3 is 0 Å². The van der Waals surface area contributed by atoms with Gasteiger partial charge in [-0.2, -0.15) is 5.26 Å². The number of amidine groups is 1. The number of aromatic nitrogens is 1. The first kappa shape index (κ1) is 14.2. The Morgan fingerprint density at radius 3 is 2.82 bits per heavy atom. The summed E-state index contributed by atoms with van der Waals surface area (Å²) in [5.74, 6) is 0.581. The highest BCUT2D eigenvalue weighted by atomic mass is 32.2. The molecule has 3 rings (SSSR count). The average molecular weight is 308 g/mol. The van der Waals surface area contributed by atoms with Crippen molar-refractivity contribution in [1.29, 1.82) is 5.26 Å². The summed E-state index contributed by atoms with van der Waals surface area (Å²) in [5.41, 5.74) is 3.07. The molecule has 0 saturated heterocycles. The molecular formula is C16H12N4OS. The Kier molecular flexibility index (Phi) is 4.08. The number of nitrogens with one attached hydrogen (secondary N) is 1. The fourth-order valence-corrected chi connectivity index (χ4v) is 2.32. The van der Waals surface area contributed by atoms with Gasteiger partial charge in [0.05, 0.1) is 5.69 Å². The van der Waals surface area contributed by atoms with E-state index in [0.717, 1.165) is 11.1 Å². The van der Waals surface area contributed by atoms with Crippen molar-refractivity contribution in [3.05, 3.63) is 48.5 Å². The van der Waals surface area contributed by atoms with Crippen LogP contribution in [-0.4, -0.2) is 16.4 Å². The molecule has 3 aromatic rings. The Morgan fingerprint density at radius 2 is 2.09 bits per heavy atom. The summed E-state index contributed by atoms with van der Waals surface area (Å²) in [5, 5.41) is 11.7. The molecule has 22 heavy (non-hydrogen) atoms. The summed E-state index contributed by atoms with van der Waals surface area (Å²) >= 11 is 1.37. The van der Waals surface area contributed by atoms with E-state index >= 15 is 0 Å². The molecule has 0 atom stereocenters. The van der Waals surface area contributed by atoms with Crippen LogP contribution in [0, 0.1) is 11.5 Å². The molecular weight excluding hydrogens is 296 g/mol. The predicted octanol–water partition coefficient (Wildman–Crippen LogP) is 3.92. The number of oxazole rings is 1. The fraction of sp³-hybridized carbons (Fsp3) is 0.0625. The third-order valence-corrected chi connectivity index (χ3v) is 3.56. The number of aliphatic imine (C=N–C) groups is 1. The molecule has 0 bridgehead atoms. The Bertz CT molecular complexity index is 865. The standard InChI is InChI=1S/C16H12N4OS/c1-22-16(18-10-17)19-12-7-8-13-14(9-12)21-15(20-13)11-5-3-2-4-6-11/h2-9H,1H3,(H,18,19). The van der Waals surface area contributed by atoms with E-state index < -0.39 is 0 Å². The van der Waals surface area contributed by atoms with Gasteiger partial charge in [-0.1, -0.05) is 30.0 Å². The number of hydrogen-bond donors (Lipinski definition) is 1. The maximum Gasteiger partial charge on any atom is 0.227 e. The lowest BCUT2D eigenvalue weighted by atomic mass is 10.2. The molecule has 1 aromatic heterocycles. The first-order valence-corrected chi connectivity index (χ1v) is 7.76. The maximum absolute atomic E-state index is 8.66. The zero-order valence-corrected chi connectivity index (χ0v) is 12.6. The SMILES string of the molecule is CSC(=Nc1ccc2nc(-c3ccccc3)oc2c1)NC#N. The molecule has 0 unspecified atom stereocenters. The van der Waals surface area contributed by atoms with Crippen LogP contribution in [0.3, 0.4) is 0 Å². The van der Waals surface area contributed by atoms with Crippen molar-refractivity contribution >= 4 is 33.7 Å². The van der Waals surface area contributed by atoms with Gasteiger partial charge in [-0.15, -0.1) is 0 Å². The Hall–Kier alpha value is -2.78. The molecule has 0 spiro atoms. The highest BCUT2D eigenvalue weighted by molar-refractivity contribution is 8.13. The van der Waals surface area contributed by atoms with Gasteiger partial charge in [-0.05, 0) is 30.5 Å². The van der Waals surface area contributed by atoms with Crippen molar-refractivity contribution in [2.24, 2.45) is 4.99 Å².